The summed E-state index contributed by atoms with van der Waals surface area (Å²) in [7, 11) is 2.91. The molecule has 5 N–H and O–H groups in total. The van der Waals surface area contributed by atoms with Crippen molar-refractivity contribution in [1.29, 1.82) is 5.26 Å². The molecule has 0 fully saturated rings. The molecule has 0 saturated heterocycles. The third-order valence-corrected chi connectivity index (χ3v) is 6.34. The summed E-state index contributed by atoms with van der Waals surface area (Å²) in [5.74, 6) is -0.423. The van der Waals surface area contributed by atoms with Crippen LogP contribution < -0.4 is 25.8 Å². The predicted octanol–water partition coefficient (Wildman–Crippen LogP) is 5.20. The van der Waals surface area contributed by atoms with Crippen LogP contribution in [0.1, 0.15) is 22.8 Å². The van der Waals surface area contributed by atoms with Gasteiger partial charge in [0.2, 0.25) is 5.91 Å². The number of halogens is 1. The molecule has 0 aliphatic heterocycles. The smallest absolute Gasteiger partial charge is 0.260 e. The van der Waals surface area contributed by atoms with Crippen LogP contribution in [0.25, 0.3) is 22.4 Å². The molecule has 4 rings (SSSR count). The second kappa shape index (κ2) is 12.4. The Morgan fingerprint density at radius 3 is 2.46 bits per heavy atom. The molecular formula is C30H26ClN5O5. The van der Waals surface area contributed by atoms with Crippen molar-refractivity contribution in [3.8, 4) is 45.7 Å². The molecule has 208 valence electrons. The lowest BCUT2D eigenvalue weighted by atomic mass is 9.97. The van der Waals surface area contributed by atoms with E-state index in [0.29, 0.717) is 33.1 Å². The normalized spacial score (nSPS) is 11.2. The third-order valence-electron chi connectivity index (χ3n) is 6.11. The van der Waals surface area contributed by atoms with Crippen molar-refractivity contribution in [1.82, 2.24) is 4.98 Å². The SMILES string of the molecule is COc1ccc(C(=O)Nc2nc(-c3ccc(Cl)cc3O)cc(-c3cccc(NC(=O)C(C)N)c3)c2C#N)c(OC)c1. The number of anilines is 2. The van der Waals surface area contributed by atoms with Gasteiger partial charge in [0.25, 0.3) is 5.91 Å². The number of methoxy groups -OCH3 is 2. The number of aromatic hydroxyl groups is 1. The highest BCUT2D eigenvalue weighted by Gasteiger charge is 2.21. The number of nitriles is 1. The van der Waals surface area contributed by atoms with E-state index in [2.05, 4.69) is 21.7 Å². The molecule has 1 atom stereocenters. The van der Waals surface area contributed by atoms with Gasteiger partial charge < -0.3 is 30.9 Å². The largest absolute Gasteiger partial charge is 0.507 e. The van der Waals surface area contributed by atoms with Crippen molar-refractivity contribution < 1.29 is 24.2 Å². The van der Waals surface area contributed by atoms with Crippen molar-refractivity contribution in [2.24, 2.45) is 5.73 Å². The number of phenols is 1. The minimum absolute atomic E-state index is 0.0535. The molecule has 10 nitrogen and oxygen atoms in total. The number of hydrogen-bond acceptors (Lipinski definition) is 8. The number of carbonyl (C=O) groups is 2. The maximum atomic E-state index is 13.4. The van der Waals surface area contributed by atoms with Crippen LogP contribution in [0, 0.1) is 11.3 Å². The monoisotopic (exact) mass is 571 g/mol. The Labute approximate surface area is 241 Å². The number of aromatic nitrogens is 1. The van der Waals surface area contributed by atoms with Crippen LogP contribution in [-0.2, 0) is 4.79 Å². The van der Waals surface area contributed by atoms with E-state index in [1.807, 2.05) is 0 Å². The summed E-state index contributed by atoms with van der Waals surface area (Å²) in [6.45, 7) is 1.56. The summed E-state index contributed by atoms with van der Waals surface area (Å²) < 4.78 is 10.6. The van der Waals surface area contributed by atoms with Crippen molar-refractivity contribution in [2.45, 2.75) is 13.0 Å². The first-order valence-electron chi connectivity index (χ1n) is 12.3. The number of nitrogens with two attached hydrogens (primary N) is 1. The highest BCUT2D eigenvalue weighted by Crippen LogP contribution is 2.37. The summed E-state index contributed by atoms with van der Waals surface area (Å²) in [5, 5.41) is 26.6. The van der Waals surface area contributed by atoms with E-state index >= 15 is 0 Å². The number of rotatable bonds is 8. The predicted molar refractivity (Wildman–Crippen MR) is 156 cm³/mol. The number of ether oxygens (including phenoxy) is 2. The van der Waals surface area contributed by atoms with E-state index in [4.69, 9.17) is 26.8 Å². The quantitative estimate of drug-likeness (QED) is 0.224. The van der Waals surface area contributed by atoms with E-state index in [9.17, 15) is 20.0 Å². The Balaban J connectivity index is 1.88. The zero-order chi connectivity index (χ0) is 29.7. The number of carbonyl (C=O) groups excluding carboxylic acids is 2. The molecule has 0 aliphatic carbocycles. The molecule has 0 saturated carbocycles. The summed E-state index contributed by atoms with van der Waals surface area (Å²) in [6, 6.07) is 19.0. The van der Waals surface area contributed by atoms with Crippen LogP contribution >= 0.6 is 11.6 Å². The number of phenolic OH excluding ortho intramolecular Hbond substituents is 1. The molecule has 0 aliphatic rings. The Hall–Kier alpha value is -5.11. The molecule has 4 aromatic rings. The van der Waals surface area contributed by atoms with Gasteiger partial charge in [-0.05, 0) is 61.0 Å². The summed E-state index contributed by atoms with van der Waals surface area (Å²) >= 11 is 6.03. The summed E-state index contributed by atoms with van der Waals surface area (Å²) in [4.78, 5) is 30.1. The molecule has 3 aromatic carbocycles. The molecule has 1 unspecified atom stereocenters. The minimum atomic E-state index is -0.731. The van der Waals surface area contributed by atoms with Crippen LogP contribution in [0.5, 0.6) is 17.2 Å². The average Bonchev–Trinajstić information content (AvgIpc) is 2.96. The van der Waals surface area contributed by atoms with Gasteiger partial charge in [0.1, 0.15) is 28.9 Å². The van der Waals surface area contributed by atoms with Crippen molar-refractivity contribution in [3.05, 3.63) is 82.9 Å². The van der Waals surface area contributed by atoms with Gasteiger partial charge in [-0.3, -0.25) is 9.59 Å². The fourth-order valence-corrected chi connectivity index (χ4v) is 4.18. The first-order valence-corrected chi connectivity index (χ1v) is 12.7. The first-order chi connectivity index (χ1) is 19.6. The lowest BCUT2D eigenvalue weighted by Crippen LogP contribution is -2.32. The van der Waals surface area contributed by atoms with Crippen molar-refractivity contribution >= 4 is 34.9 Å². The molecule has 0 bridgehead atoms. The summed E-state index contributed by atoms with van der Waals surface area (Å²) in [6.07, 6.45) is 0. The van der Waals surface area contributed by atoms with Crippen LogP contribution in [0.3, 0.4) is 0 Å². The molecule has 0 spiro atoms. The van der Waals surface area contributed by atoms with Gasteiger partial charge in [-0.15, -0.1) is 0 Å². The van der Waals surface area contributed by atoms with Crippen LogP contribution in [0.2, 0.25) is 5.02 Å². The Morgan fingerprint density at radius 1 is 1.02 bits per heavy atom. The number of nitrogens with zero attached hydrogens (tertiary/aromatic N) is 2. The second-order valence-corrected chi connectivity index (χ2v) is 9.37. The molecule has 11 heteroatoms. The Kier molecular flexibility index (Phi) is 8.72. The fourth-order valence-electron chi connectivity index (χ4n) is 4.02. The van der Waals surface area contributed by atoms with E-state index in [1.165, 1.54) is 26.4 Å². The van der Waals surface area contributed by atoms with Crippen molar-refractivity contribution in [2.75, 3.05) is 24.9 Å². The maximum absolute atomic E-state index is 13.4. The number of benzene rings is 3. The van der Waals surface area contributed by atoms with E-state index < -0.39 is 11.9 Å². The molecule has 41 heavy (non-hydrogen) atoms. The van der Waals surface area contributed by atoms with E-state index in [0.717, 1.165) is 0 Å². The van der Waals surface area contributed by atoms with Gasteiger partial charge in [-0.25, -0.2) is 4.98 Å². The summed E-state index contributed by atoms with van der Waals surface area (Å²) in [5.41, 5.74) is 7.88. The lowest BCUT2D eigenvalue weighted by molar-refractivity contribution is -0.117. The van der Waals surface area contributed by atoms with Crippen molar-refractivity contribution in [3.63, 3.8) is 0 Å². The molecule has 2 amide bonds. The minimum Gasteiger partial charge on any atom is -0.507 e. The van der Waals surface area contributed by atoms with Gasteiger partial charge in [0, 0.05) is 27.9 Å². The standard InChI is InChI=1S/C30H26ClN5O5/c1-16(33)29(38)34-19-6-4-5-17(11-19)23-14-25(21-9-7-18(31)12-26(21)37)35-28(24(23)15-32)36-30(39)22-10-8-20(40-2)13-27(22)41-3/h4-14,16,37H,33H2,1-3H3,(H,34,38)(H,35,36,39). The Bertz CT molecular complexity index is 1680. The lowest BCUT2D eigenvalue weighted by Gasteiger charge is -2.16. The van der Waals surface area contributed by atoms with Gasteiger partial charge in [-0.1, -0.05) is 23.7 Å². The average molecular weight is 572 g/mol. The maximum Gasteiger partial charge on any atom is 0.260 e. The fraction of sp³-hybridized carbons (Fsp3) is 0.133. The molecule has 1 heterocycles. The zero-order valence-electron chi connectivity index (χ0n) is 22.4. The number of pyridine rings is 1. The molecule has 0 radical (unpaired) electrons. The highest BCUT2D eigenvalue weighted by molar-refractivity contribution is 6.30. The van der Waals surface area contributed by atoms with Gasteiger partial charge >= 0.3 is 0 Å². The molecule has 1 aromatic heterocycles. The number of nitrogens with one attached hydrogen (secondary N) is 2. The van der Waals surface area contributed by atoms with Crippen LogP contribution in [0.15, 0.2) is 66.7 Å². The van der Waals surface area contributed by atoms with Gasteiger partial charge in [0.05, 0.1) is 31.5 Å². The number of amides is 2. The van der Waals surface area contributed by atoms with Gasteiger partial charge in [0.15, 0.2) is 5.82 Å². The second-order valence-electron chi connectivity index (χ2n) is 8.93. The van der Waals surface area contributed by atoms with E-state index in [1.54, 1.807) is 61.5 Å². The Morgan fingerprint density at radius 2 is 1.80 bits per heavy atom. The van der Waals surface area contributed by atoms with Gasteiger partial charge in [-0.2, -0.15) is 5.26 Å². The van der Waals surface area contributed by atoms with Crippen LogP contribution in [0.4, 0.5) is 11.5 Å². The molecular weight excluding hydrogens is 546 g/mol. The zero-order valence-corrected chi connectivity index (χ0v) is 23.1. The van der Waals surface area contributed by atoms with E-state index in [-0.39, 0.29) is 40.0 Å². The number of hydrogen-bond donors (Lipinski definition) is 4. The van der Waals surface area contributed by atoms with Crippen LogP contribution in [-0.4, -0.2) is 42.2 Å². The third kappa shape index (κ3) is 6.38. The highest BCUT2D eigenvalue weighted by atomic mass is 35.5. The first kappa shape index (κ1) is 28.9. The topological polar surface area (TPSA) is 160 Å².